The SMILES string of the molecule is CCC=C(C(=O)OOc1ccc(Br)c(Br)c1Br)C(Br)C(Br)(Br)Oc1ccccc1. The van der Waals surface area contributed by atoms with Crippen LogP contribution in [0.3, 0.4) is 0 Å². The van der Waals surface area contributed by atoms with Gasteiger partial charge >= 0.3 is 5.97 Å². The number of rotatable bonds is 8. The fourth-order valence-electron chi connectivity index (χ4n) is 2.09. The molecule has 0 aromatic heterocycles. The highest BCUT2D eigenvalue weighted by Crippen LogP contribution is 2.41. The van der Waals surface area contributed by atoms with E-state index in [1.807, 2.05) is 37.3 Å². The number of benzene rings is 2. The first-order valence-corrected chi connectivity index (χ1v) is 13.0. The van der Waals surface area contributed by atoms with Crippen molar-refractivity contribution in [3.05, 3.63) is 67.5 Å². The molecule has 1 unspecified atom stereocenters. The molecule has 0 spiro atoms. The zero-order valence-electron chi connectivity index (χ0n) is 14.8. The molecule has 0 aliphatic rings. The van der Waals surface area contributed by atoms with E-state index in [2.05, 4.69) is 95.6 Å². The van der Waals surface area contributed by atoms with Gasteiger partial charge in [0, 0.05) is 8.95 Å². The Morgan fingerprint density at radius 3 is 2.34 bits per heavy atom. The van der Waals surface area contributed by atoms with E-state index in [1.54, 1.807) is 18.2 Å². The second-order valence-electron chi connectivity index (χ2n) is 5.53. The molecule has 2 rings (SSSR count). The molecule has 0 N–H and O–H groups in total. The molecule has 0 fully saturated rings. The Kier molecular flexibility index (Phi) is 10.2. The van der Waals surface area contributed by atoms with Crippen LogP contribution in [0.5, 0.6) is 11.5 Å². The molecule has 0 heterocycles. The predicted octanol–water partition coefficient (Wildman–Crippen LogP) is 8.43. The van der Waals surface area contributed by atoms with Gasteiger partial charge in [-0.15, -0.1) is 0 Å². The van der Waals surface area contributed by atoms with Gasteiger partial charge in [-0.1, -0.05) is 47.1 Å². The molecule has 2 aromatic rings. The average molecular weight is 786 g/mol. The highest BCUT2D eigenvalue weighted by atomic mass is 79.9. The number of hydrogen-bond donors (Lipinski definition) is 0. The number of carbonyl (C=O) groups excluding carboxylic acids is 1. The molecule has 0 aliphatic heterocycles. The number of para-hydroxylation sites is 1. The molecule has 1 atom stereocenters. The molecule has 156 valence electrons. The summed E-state index contributed by atoms with van der Waals surface area (Å²) < 4.78 is 7.02. The van der Waals surface area contributed by atoms with Crippen molar-refractivity contribution in [3.63, 3.8) is 0 Å². The van der Waals surface area contributed by atoms with Crippen LogP contribution in [0, 0.1) is 0 Å². The molecule has 0 saturated heterocycles. The van der Waals surface area contributed by atoms with Crippen LogP contribution >= 0.6 is 95.6 Å². The molecule has 4 nitrogen and oxygen atoms in total. The Hall–Kier alpha value is 0.130. The second-order valence-corrected chi connectivity index (χ2v) is 12.3. The molecule has 10 heteroatoms. The number of ether oxygens (including phenoxy) is 1. The van der Waals surface area contributed by atoms with Gasteiger partial charge in [0.25, 0.3) is 0 Å². The fourth-order valence-corrected chi connectivity index (χ4v) is 4.76. The Balaban J connectivity index is 2.14. The molecule has 0 amide bonds. The third-order valence-corrected chi connectivity index (χ3v) is 10.4. The van der Waals surface area contributed by atoms with Crippen molar-refractivity contribution < 1.29 is 19.3 Å². The van der Waals surface area contributed by atoms with E-state index in [1.165, 1.54) is 0 Å². The lowest BCUT2D eigenvalue weighted by Crippen LogP contribution is -2.36. The molecule has 29 heavy (non-hydrogen) atoms. The maximum atomic E-state index is 12.7. The van der Waals surface area contributed by atoms with Crippen LogP contribution < -0.4 is 9.62 Å². The summed E-state index contributed by atoms with van der Waals surface area (Å²) in [6.45, 7) is 1.92. The van der Waals surface area contributed by atoms with Crippen LogP contribution in [0.25, 0.3) is 0 Å². The third-order valence-electron chi connectivity index (χ3n) is 3.43. The summed E-state index contributed by atoms with van der Waals surface area (Å²) in [6.07, 6.45) is 2.35. The molecular formula is C19H14Br6O4. The maximum absolute atomic E-state index is 12.7. The quantitative estimate of drug-likeness (QED) is 0.0887. The fraction of sp³-hybridized carbons (Fsp3) is 0.211. The van der Waals surface area contributed by atoms with Gasteiger partial charge in [-0.05, 0) is 110 Å². The van der Waals surface area contributed by atoms with Crippen molar-refractivity contribution in [2.45, 2.75) is 21.6 Å². The molecule has 0 aliphatic carbocycles. The summed E-state index contributed by atoms with van der Waals surface area (Å²) in [5.74, 6) is 0.314. The van der Waals surface area contributed by atoms with E-state index in [0.717, 1.165) is 8.95 Å². The highest BCUT2D eigenvalue weighted by molar-refractivity contribution is 9.26. The van der Waals surface area contributed by atoms with E-state index < -0.39 is 14.2 Å². The highest BCUT2D eigenvalue weighted by Gasteiger charge is 2.40. The van der Waals surface area contributed by atoms with Gasteiger partial charge in [-0.2, -0.15) is 0 Å². The summed E-state index contributed by atoms with van der Waals surface area (Å²) in [7, 11) is 0. The third kappa shape index (κ3) is 7.07. The lowest BCUT2D eigenvalue weighted by atomic mass is 10.1. The number of allylic oxidation sites excluding steroid dienone is 1. The predicted molar refractivity (Wildman–Crippen MR) is 135 cm³/mol. The van der Waals surface area contributed by atoms with E-state index in [-0.39, 0.29) is 0 Å². The Morgan fingerprint density at radius 2 is 1.72 bits per heavy atom. The summed E-state index contributed by atoms with van der Waals surface area (Å²) in [5, 5.41) is 0. The van der Waals surface area contributed by atoms with Crippen LogP contribution in [0.1, 0.15) is 13.3 Å². The van der Waals surface area contributed by atoms with Crippen molar-refractivity contribution in [2.24, 2.45) is 0 Å². The van der Waals surface area contributed by atoms with Gasteiger partial charge in [0.05, 0.1) is 10.0 Å². The minimum absolute atomic E-state index is 0.324. The van der Waals surface area contributed by atoms with Crippen molar-refractivity contribution in [2.75, 3.05) is 0 Å². The first-order chi connectivity index (χ1) is 13.7. The van der Waals surface area contributed by atoms with Crippen molar-refractivity contribution in [1.82, 2.24) is 0 Å². The lowest BCUT2D eigenvalue weighted by Gasteiger charge is -2.28. The largest absolute Gasteiger partial charge is 0.465 e. The molecular weight excluding hydrogens is 772 g/mol. The summed E-state index contributed by atoms with van der Waals surface area (Å²) in [6, 6.07) is 12.7. The van der Waals surface area contributed by atoms with Crippen LogP contribution in [-0.4, -0.2) is 14.2 Å². The van der Waals surface area contributed by atoms with Crippen LogP contribution in [0.4, 0.5) is 0 Å². The second kappa shape index (κ2) is 11.7. The minimum atomic E-state index is -1.09. The lowest BCUT2D eigenvalue weighted by molar-refractivity contribution is -0.209. The zero-order chi connectivity index (χ0) is 21.6. The standard InChI is InChI=1S/C19H14Br6O4/c1-2-6-12(17(23)19(24,25)27-11-7-4-3-5-8-11)18(26)29-28-14-10-9-13(20)15(21)16(14)22/h3-10,17H,2H2,1H3. The Labute approximate surface area is 219 Å². The van der Waals surface area contributed by atoms with E-state index >= 15 is 0 Å². The van der Waals surface area contributed by atoms with E-state index in [9.17, 15) is 4.79 Å². The number of halogens is 6. The van der Waals surface area contributed by atoms with Gasteiger partial charge < -0.3 is 4.74 Å². The van der Waals surface area contributed by atoms with E-state index in [4.69, 9.17) is 14.5 Å². The average Bonchev–Trinajstić information content (AvgIpc) is 2.69. The topological polar surface area (TPSA) is 44.8 Å². The van der Waals surface area contributed by atoms with Crippen LogP contribution in [0.2, 0.25) is 0 Å². The van der Waals surface area contributed by atoms with Gasteiger partial charge in [0.15, 0.2) is 5.75 Å². The maximum Gasteiger partial charge on any atom is 0.383 e. The summed E-state index contributed by atoms with van der Waals surface area (Å²) in [5.41, 5.74) is 0.324. The van der Waals surface area contributed by atoms with Crippen molar-refractivity contribution in [1.29, 1.82) is 0 Å². The van der Waals surface area contributed by atoms with Crippen molar-refractivity contribution in [3.8, 4) is 11.5 Å². The van der Waals surface area contributed by atoms with Crippen LogP contribution in [-0.2, 0) is 9.68 Å². The van der Waals surface area contributed by atoms with E-state index in [0.29, 0.717) is 28.0 Å². The normalized spacial score (nSPS) is 13.0. The number of alkyl halides is 3. The molecule has 0 bridgehead atoms. The summed E-state index contributed by atoms with van der Waals surface area (Å²) in [4.78, 5) is 22.5. The Bertz CT molecular complexity index is 886. The number of hydrogen-bond acceptors (Lipinski definition) is 4. The first-order valence-electron chi connectivity index (χ1n) is 8.15. The first kappa shape index (κ1) is 25.4. The van der Waals surface area contributed by atoms with Gasteiger partial charge in [0.2, 0.25) is 3.42 Å². The molecule has 0 saturated carbocycles. The summed E-state index contributed by atoms with van der Waals surface area (Å²) >= 11 is 20.7. The number of carbonyl (C=O) groups is 1. The molecule has 0 radical (unpaired) electrons. The monoisotopic (exact) mass is 780 g/mol. The van der Waals surface area contributed by atoms with Gasteiger partial charge in [0.1, 0.15) is 10.6 Å². The van der Waals surface area contributed by atoms with Crippen molar-refractivity contribution >= 4 is 102 Å². The van der Waals surface area contributed by atoms with Crippen LogP contribution in [0.15, 0.2) is 67.5 Å². The van der Waals surface area contributed by atoms with Gasteiger partial charge in [-0.25, -0.2) is 9.68 Å². The molecule has 2 aromatic carbocycles. The zero-order valence-corrected chi connectivity index (χ0v) is 24.3. The van der Waals surface area contributed by atoms with Gasteiger partial charge in [-0.3, -0.25) is 4.89 Å². The smallest absolute Gasteiger partial charge is 0.383 e. The Morgan fingerprint density at radius 1 is 1.07 bits per heavy atom. The minimum Gasteiger partial charge on any atom is -0.465 e.